The van der Waals surface area contributed by atoms with Gasteiger partial charge in [-0.1, -0.05) is 11.6 Å². The Balaban J connectivity index is 2.40. The molecule has 100 valence electrons. The summed E-state index contributed by atoms with van der Waals surface area (Å²) in [5, 5.41) is 12.4. The van der Waals surface area contributed by atoms with Crippen LogP contribution >= 0.6 is 11.6 Å². The second kappa shape index (κ2) is 7.18. The molecule has 1 atom stereocenters. The molecule has 0 fully saturated rings. The smallest absolute Gasteiger partial charge is 0.308 e. The Morgan fingerprint density at radius 3 is 2.94 bits per heavy atom. The Morgan fingerprint density at radius 1 is 1.61 bits per heavy atom. The van der Waals surface area contributed by atoms with Gasteiger partial charge in [-0.3, -0.25) is 4.79 Å². The molecule has 0 heterocycles. The predicted molar refractivity (Wildman–Crippen MR) is 67.2 cm³/mol. The number of rotatable bonds is 6. The van der Waals surface area contributed by atoms with Crippen molar-refractivity contribution in [2.24, 2.45) is 0 Å². The molecule has 0 radical (unpaired) electrons. The topological polar surface area (TPSA) is 58.6 Å². The van der Waals surface area contributed by atoms with Gasteiger partial charge in [0.2, 0.25) is 0 Å². The average Bonchev–Trinajstić information content (AvgIpc) is 2.31. The van der Waals surface area contributed by atoms with Crippen molar-refractivity contribution in [1.29, 1.82) is 0 Å². The number of aliphatic hydroxyl groups excluding tert-OH is 1. The molecule has 0 saturated heterocycles. The third-order valence-corrected chi connectivity index (χ3v) is 2.48. The lowest BCUT2D eigenvalue weighted by atomic mass is 10.2. The second-order valence-corrected chi connectivity index (χ2v) is 4.08. The van der Waals surface area contributed by atoms with Crippen LogP contribution in [-0.2, 0) is 9.53 Å². The van der Waals surface area contributed by atoms with Crippen molar-refractivity contribution in [2.45, 2.75) is 19.4 Å². The number of ether oxygens (including phenoxy) is 1. The Bertz CT molecular complexity index is 414. The standard InChI is InChI=1S/C12H15ClFNO3/c1-2-18-12(17)6-9(16)7-15-8-3-4-10(13)11(14)5-8/h3-5,9,15-16H,2,6-7H2,1H3. The van der Waals surface area contributed by atoms with Gasteiger partial charge >= 0.3 is 5.97 Å². The summed E-state index contributed by atoms with van der Waals surface area (Å²) in [6.07, 6.45) is -0.987. The summed E-state index contributed by atoms with van der Waals surface area (Å²) in [5.74, 6) is -1.00. The number of esters is 1. The molecule has 18 heavy (non-hydrogen) atoms. The van der Waals surface area contributed by atoms with Crippen molar-refractivity contribution >= 4 is 23.3 Å². The van der Waals surface area contributed by atoms with Crippen molar-refractivity contribution < 1.29 is 19.0 Å². The summed E-state index contributed by atoms with van der Waals surface area (Å²) in [4.78, 5) is 11.1. The van der Waals surface area contributed by atoms with Crippen molar-refractivity contribution in [2.75, 3.05) is 18.5 Å². The lowest BCUT2D eigenvalue weighted by Crippen LogP contribution is -2.23. The SMILES string of the molecule is CCOC(=O)CC(O)CNc1ccc(Cl)c(F)c1. The predicted octanol–water partition coefficient (Wildman–Crippen LogP) is 2.21. The van der Waals surface area contributed by atoms with Crippen LogP contribution in [0, 0.1) is 5.82 Å². The molecule has 1 aromatic rings. The van der Waals surface area contributed by atoms with E-state index in [9.17, 15) is 14.3 Å². The van der Waals surface area contributed by atoms with Gasteiger partial charge in [-0.2, -0.15) is 0 Å². The lowest BCUT2D eigenvalue weighted by molar-refractivity contribution is -0.145. The number of carbonyl (C=O) groups is 1. The van der Waals surface area contributed by atoms with Crippen LogP contribution in [0.25, 0.3) is 0 Å². The minimum absolute atomic E-state index is 0.0348. The molecular weight excluding hydrogens is 261 g/mol. The molecule has 1 unspecified atom stereocenters. The first-order valence-corrected chi connectivity index (χ1v) is 5.93. The Labute approximate surface area is 110 Å². The van der Waals surface area contributed by atoms with E-state index in [-0.39, 0.29) is 24.6 Å². The van der Waals surface area contributed by atoms with E-state index in [2.05, 4.69) is 5.32 Å². The fourth-order valence-electron chi connectivity index (χ4n) is 1.33. The second-order valence-electron chi connectivity index (χ2n) is 3.67. The molecule has 0 aromatic heterocycles. The molecule has 0 spiro atoms. The van der Waals surface area contributed by atoms with Gasteiger partial charge in [-0.05, 0) is 25.1 Å². The number of halogens is 2. The van der Waals surface area contributed by atoms with Gasteiger partial charge in [-0.15, -0.1) is 0 Å². The first kappa shape index (κ1) is 14.7. The Hall–Kier alpha value is -1.33. The summed E-state index contributed by atoms with van der Waals surface area (Å²) < 4.78 is 17.8. The van der Waals surface area contributed by atoms with E-state index >= 15 is 0 Å². The maximum Gasteiger partial charge on any atom is 0.308 e. The molecule has 0 aliphatic carbocycles. The van der Waals surface area contributed by atoms with E-state index in [0.717, 1.165) is 0 Å². The maximum atomic E-state index is 13.1. The molecular formula is C12H15ClFNO3. The van der Waals surface area contributed by atoms with Crippen molar-refractivity contribution in [1.82, 2.24) is 0 Å². The van der Waals surface area contributed by atoms with Gasteiger partial charge in [0.05, 0.1) is 24.2 Å². The third-order valence-electron chi connectivity index (χ3n) is 2.17. The Kier molecular flexibility index (Phi) is 5.88. The minimum atomic E-state index is -0.886. The van der Waals surface area contributed by atoms with Crippen LogP contribution in [0.5, 0.6) is 0 Å². The average molecular weight is 276 g/mol. The molecule has 1 aromatic carbocycles. The summed E-state index contributed by atoms with van der Waals surface area (Å²) in [7, 11) is 0. The van der Waals surface area contributed by atoms with Crippen LogP contribution in [0.3, 0.4) is 0 Å². The molecule has 0 saturated carbocycles. The summed E-state index contributed by atoms with van der Waals surface area (Å²) in [6, 6.07) is 4.22. The normalized spacial score (nSPS) is 12.0. The largest absolute Gasteiger partial charge is 0.466 e. The van der Waals surface area contributed by atoms with Crippen LogP contribution < -0.4 is 5.32 Å². The van der Waals surface area contributed by atoms with Crippen molar-refractivity contribution in [3.8, 4) is 0 Å². The zero-order chi connectivity index (χ0) is 13.5. The molecule has 4 nitrogen and oxygen atoms in total. The zero-order valence-electron chi connectivity index (χ0n) is 9.95. The van der Waals surface area contributed by atoms with Gasteiger partial charge < -0.3 is 15.2 Å². The van der Waals surface area contributed by atoms with E-state index in [1.807, 2.05) is 0 Å². The van der Waals surface area contributed by atoms with Crippen LogP contribution in [0.15, 0.2) is 18.2 Å². The van der Waals surface area contributed by atoms with E-state index in [4.69, 9.17) is 16.3 Å². The molecule has 1 rings (SSSR count). The number of benzene rings is 1. The third kappa shape index (κ3) is 4.89. The number of nitrogens with one attached hydrogen (secondary N) is 1. The van der Waals surface area contributed by atoms with Gasteiger partial charge in [0.25, 0.3) is 0 Å². The fourth-order valence-corrected chi connectivity index (χ4v) is 1.44. The van der Waals surface area contributed by atoms with Crippen LogP contribution in [-0.4, -0.2) is 30.3 Å². The summed E-state index contributed by atoms with van der Waals surface area (Å²) >= 11 is 5.53. The quantitative estimate of drug-likeness (QED) is 0.782. The molecule has 2 N–H and O–H groups in total. The molecule has 0 aliphatic rings. The lowest BCUT2D eigenvalue weighted by Gasteiger charge is -2.12. The fraction of sp³-hybridized carbons (Fsp3) is 0.417. The number of carbonyl (C=O) groups excluding carboxylic acids is 1. The highest BCUT2D eigenvalue weighted by Crippen LogP contribution is 2.18. The summed E-state index contributed by atoms with van der Waals surface area (Å²) in [5.41, 5.74) is 0.486. The van der Waals surface area contributed by atoms with Gasteiger partial charge in [0.15, 0.2) is 0 Å². The van der Waals surface area contributed by atoms with Gasteiger partial charge in [0, 0.05) is 12.2 Å². The Morgan fingerprint density at radius 2 is 2.33 bits per heavy atom. The molecule has 0 aliphatic heterocycles. The number of hydrogen-bond donors (Lipinski definition) is 2. The maximum absolute atomic E-state index is 13.1. The van der Waals surface area contributed by atoms with E-state index < -0.39 is 17.9 Å². The monoisotopic (exact) mass is 275 g/mol. The van der Waals surface area contributed by atoms with Crippen LogP contribution in [0.2, 0.25) is 5.02 Å². The van der Waals surface area contributed by atoms with Crippen LogP contribution in [0.4, 0.5) is 10.1 Å². The molecule has 0 amide bonds. The number of aliphatic hydroxyl groups is 1. The van der Waals surface area contributed by atoms with Gasteiger partial charge in [-0.25, -0.2) is 4.39 Å². The first-order chi connectivity index (χ1) is 8.52. The zero-order valence-corrected chi connectivity index (χ0v) is 10.7. The highest BCUT2D eigenvalue weighted by atomic mass is 35.5. The highest BCUT2D eigenvalue weighted by molar-refractivity contribution is 6.30. The van der Waals surface area contributed by atoms with E-state index in [1.54, 1.807) is 13.0 Å². The van der Waals surface area contributed by atoms with Crippen LogP contribution in [0.1, 0.15) is 13.3 Å². The number of hydrogen-bond acceptors (Lipinski definition) is 4. The minimum Gasteiger partial charge on any atom is -0.466 e. The van der Waals surface area contributed by atoms with Gasteiger partial charge in [0.1, 0.15) is 5.82 Å². The van der Waals surface area contributed by atoms with E-state index in [0.29, 0.717) is 5.69 Å². The molecule has 6 heteroatoms. The molecule has 0 bridgehead atoms. The highest BCUT2D eigenvalue weighted by Gasteiger charge is 2.11. The number of anilines is 1. The first-order valence-electron chi connectivity index (χ1n) is 5.55. The van der Waals surface area contributed by atoms with E-state index in [1.165, 1.54) is 12.1 Å². The van der Waals surface area contributed by atoms with Crippen molar-refractivity contribution in [3.63, 3.8) is 0 Å². The summed E-state index contributed by atoms with van der Waals surface area (Å²) in [6.45, 7) is 2.10. The van der Waals surface area contributed by atoms with Crippen molar-refractivity contribution in [3.05, 3.63) is 29.0 Å².